The number of esters is 1. The Morgan fingerprint density at radius 1 is 1.29 bits per heavy atom. The second-order valence-electron chi connectivity index (χ2n) is 2.19. The van der Waals surface area contributed by atoms with Gasteiger partial charge in [0.05, 0.1) is 0 Å². The van der Waals surface area contributed by atoms with Gasteiger partial charge in [-0.3, -0.25) is 4.79 Å². The lowest BCUT2D eigenvalue weighted by atomic mass is 10.4. The number of rotatable bonds is 3. The van der Waals surface area contributed by atoms with Gasteiger partial charge >= 0.3 is 17.7 Å². The van der Waals surface area contributed by atoms with E-state index in [1.807, 2.05) is 0 Å². The number of carboxylic acids is 1. The van der Waals surface area contributed by atoms with Crippen molar-refractivity contribution in [1.82, 2.24) is 4.98 Å². The summed E-state index contributed by atoms with van der Waals surface area (Å²) >= 11 is 0. The van der Waals surface area contributed by atoms with E-state index in [9.17, 15) is 14.4 Å². The second-order valence-corrected chi connectivity index (χ2v) is 2.19. The molecule has 0 saturated heterocycles. The lowest BCUT2D eigenvalue weighted by Gasteiger charge is -1.98. The van der Waals surface area contributed by atoms with Crippen molar-refractivity contribution in [2.24, 2.45) is 0 Å². The Balaban J connectivity index is 2.67. The van der Waals surface area contributed by atoms with Gasteiger partial charge in [-0.05, 0) is 6.07 Å². The monoisotopic (exact) mass is 195 g/mol. The molecule has 6 nitrogen and oxygen atoms in total. The van der Waals surface area contributed by atoms with Gasteiger partial charge < -0.3 is 9.84 Å². The summed E-state index contributed by atoms with van der Waals surface area (Å²) in [6, 6.07) is 4.43. The van der Waals surface area contributed by atoms with Crippen LogP contribution in [0.5, 0.6) is 5.88 Å². The second kappa shape index (κ2) is 4.13. The predicted molar refractivity (Wildman–Crippen MR) is 42.5 cm³/mol. The molecule has 0 aliphatic rings. The van der Waals surface area contributed by atoms with Crippen LogP contribution in [0.15, 0.2) is 24.4 Å². The third-order valence-electron chi connectivity index (χ3n) is 1.21. The van der Waals surface area contributed by atoms with Gasteiger partial charge in [-0.2, -0.15) is 0 Å². The molecule has 0 amide bonds. The molecule has 0 bridgehead atoms. The van der Waals surface area contributed by atoms with Gasteiger partial charge in [0.1, 0.15) is 0 Å². The lowest BCUT2D eigenvalue weighted by molar-refractivity contribution is -0.158. The van der Waals surface area contributed by atoms with Crippen LogP contribution in [0.4, 0.5) is 0 Å². The number of Topliss-reactive ketones (excluding diaryl/α,β-unsaturated/α-hetero) is 1. The molecule has 1 heterocycles. The van der Waals surface area contributed by atoms with Gasteiger partial charge in [-0.25, -0.2) is 14.6 Å². The number of carbonyl (C=O) groups is 3. The molecule has 72 valence electrons. The Kier molecular flexibility index (Phi) is 2.90. The van der Waals surface area contributed by atoms with Crippen LogP contribution in [0.2, 0.25) is 0 Å². The van der Waals surface area contributed by atoms with Gasteiger partial charge in [0.15, 0.2) is 0 Å². The number of aromatic nitrogens is 1. The average Bonchev–Trinajstić information content (AvgIpc) is 2.18. The van der Waals surface area contributed by atoms with Crippen LogP contribution in [0.25, 0.3) is 0 Å². The van der Waals surface area contributed by atoms with Crippen LogP contribution in [0, 0.1) is 0 Å². The smallest absolute Gasteiger partial charge is 0.393 e. The molecule has 1 N–H and O–H groups in total. The molecule has 0 spiro atoms. The average molecular weight is 195 g/mol. The van der Waals surface area contributed by atoms with Gasteiger partial charge in [-0.1, -0.05) is 6.07 Å². The molecule has 0 aliphatic carbocycles. The van der Waals surface area contributed by atoms with Crippen LogP contribution in [0.3, 0.4) is 0 Å². The molecular formula is C8H5NO5. The van der Waals surface area contributed by atoms with Gasteiger partial charge in [0.2, 0.25) is 5.88 Å². The van der Waals surface area contributed by atoms with E-state index in [1.54, 1.807) is 6.07 Å². The van der Waals surface area contributed by atoms with E-state index < -0.39 is 17.7 Å². The molecule has 0 unspecified atom stereocenters. The van der Waals surface area contributed by atoms with E-state index in [-0.39, 0.29) is 5.88 Å². The van der Waals surface area contributed by atoms with Crippen molar-refractivity contribution < 1.29 is 24.2 Å². The molecule has 0 radical (unpaired) electrons. The maximum atomic E-state index is 10.8. The Morgan fingerprint density at radius 2 is 2.00 bits per heavy atom. The predicted octanol–water partition coefficient (Wildman–Crippen LogP) is -0.359. The standard InChI is InChI=1S/C8H5NO5/c10-6(7(11)12)8(13)14-5-3-1-2-4-9-5/h1-4H,(H,11,12). The fourth-order valence-electron chi connectivity index (χ4n) is 0.636. The zero-order valence-corrected chi connectivity index (χ0v) is 6.84. The lowest BCUT2D eigenvalue weighted by Crippen LogP contribution is -2.27. The molecule has 1 aromatic heterocycles. The van der Waals surface area contributed by atoms with Gasteiger partial charge in [0, 0.05) is 12.3 Å². The van der Waals surface area contributed by atoms with Crippen LogP contribution in [0.1, 0.15) is 0 Å². The molecule has 14 heavy (non-hydrogen) atoms. The quantitative estimate of drug-likeness (QED) is 0.402. The number of pyridine rings is 1. The SMILES string of the molecule is O=C(O)C(=O)C(=O)Oc1ccccn1. The number of carboxylic acid groups (broad SMARTS) is 1. The summed E-state index contributed by atoms with van der Waals surface area (Å²) in [4.78, 5) is 34.9. The number of hydrogen-bond acceptors (Lipinski definition) is 5. The number of ketones is 1. The summed E-state index contributed by atoms with van der Waals surface area (Å²) in [6.45, 7) is 0. The summed E-state index contributed by atoms with van der Waals surface area (Å²) in [5.74, 6) is -5.06. The maximum absolute atomic E-state index is 10.8. The van der Waals surface area contributed by atoms with Crippen molar-refractivity contribution in [3.8, 4) is 5.88 Å². The fourth-order valence-corrected chi connectivity index (χ4v) is 0.636. The van der Waals surface area contributed by atoms with E-state index in [4.69, 9.17) is 5.11 Å². The molecule has 6 heteroatoms. The minimum Gasteiger partial charge on any atom is -0.475 e. The van der Waals surface area contributed by atoms with Gasteiger partial charge in [-0.15, -0.1) is 0 Å². The van der Waals surface area contributed by atoms with Crippen LogP contribution in [-0.2, 0) is 14.4 Å². The van der Waals surface area contributed by atoms with E-state index in [2.05, 4.69) is 9.72 Å². The third-order valence-corrected chi connectivity index (χ3v) is 1.21. The van der Waals surface area contributed by atoms with E-state index >= 15 is 0 Å². The van der Waals surface area contributed by atoms with E-state index in [0.29, 0.717) is 0 Å². The highest BCUT2D eigenvalue weighted by atomic mass is 16.5. The summed E-state index contributed by atoms with van der Waals surface area (Å²) in [5.41, 5.74) is 0. The number of ether oxygens (including phenoxy) is 1. The van der Waals surface area contributed by atoms with Crippen molar-refractivity contribution in [3.63, 3.8) is 0 Å². The molecule has 0 aliphatic heterocycles. The molecule has 0 atom stereocenters. The molecule has 1 aromatic rings. The van der Waals surface area contributed by atoms with Crippen molar-refractivity contribution >= 4 is 17.7 Å². The minimum atomic E-state index is -1.86. The highest BCUT2D eigenvalue weighted by Gasteiger charge is 2.24. The van der Waals surface area contributed by atoms with Crippen molar-refractivity contribution in [2.45, 2.75) is 0 Å². The van der Waals surface area contributed by atoms with Crippen molar-refractivity contribution in [1.29, 1.82) is 0 Å². The first-order valence-corrected chi connectivity index (χ1v) is 3.51. The summed E-state index contributed by atoms with van der Waals surface area (Å²) < 4.78 is 4.36. The summed E-state index contributed by atoms with van der Waals surface area (Å²) in [7, 11) is 0. The summed E-state index contributed by atoms with van der Waals surface area (Å²) in [5, 5.41) is 8.16. The molecule has 1 rings (SSSR count). The topological polar surface area (TPSA) is 93.6 Å². The van der Waals surface area contributed by atoms with Crippen LogP contribution < -0.4 is 4.74 Å². The first-order valence-electron chi connectivity index (χ1n) is 3.51. The largest absolute Gasteiger partial charge is 0.475 e. The zero-order valence-electron chi connectivity index (χ0n) is 6.84. The van der Waals surface area contributed by atoms with Crippen LogP contribution in [-0.4, -0.2) is 27.8 Å². The van der Waals surface area contributed by atoms with Crippen molar-refractivity contribution in [2.75, 3.05) is 0 Å². The molecule has 0 fully saturated rings. The molecule has 0 saturated carbocycles. The highest BCUT2D eigenvalue weighted by Crippen LogP contribution is 2.03. The number of aliphatic carboxylic acids is 1. The Labute approximate surface area is 78.1 Å². The number of nitrogens with zero attached hydrogens (tertiary/aromatic N) is 1. The number of hydrogen-bond donors (Lipinski definition) is 1. The fraction of sp³-hybridized carbons (Fsp3) is 0. The Bertz CT molecular complexity index is 373. The third kappa shape index (κ3) is 2.37. The highest BCUT2D eigenvalue weighted by molar-refractivity contribution is 6.60. The Morgan fingerprint density at radius 3 is 2.50 bits per heavy atom. The maximum Gasteiger partial charge on any atom is 0.393 e. The van der Waals surface area contributed by atoms with Gasteiger partial charge in [0.25, 0.3) is 0 Å². The zero-order chi connectivity index (χ0) is 10.6. The first kappa shape index (κ1) is 9.85. The summed E-state index contributed by atoms with van der Waals surface area (Å²) in [6.07, 6.45) is 1.34. The van der Waals surface area contributed by atoms with E-state index in [0.717, 1.165) is 0 Å². The first-order chi connectivity index (χ1) is 6.61. The van der Waals surface area contributed by atoms with E-state index in [1.165, 1.54) is 18.3 Å². The Hall–Kier alpha value is -2.24. The molecular weight excluding hydrogens is 190 g/mol. The molecule has 0 aromatic carbocycles. The normalized spacial score (nSPS) is 9.14. The number of carbonyl (C=O) groups excluding carboxylic acids is 2. The van der Waals surface area contributed by atoms with Crippen LogP contribution >= 0.6 is 0 Å². The minimum absolute atomic E-state index is 0.118. The van der Waals surface area contributed by atoms with Crippen molar-refractivity contribution in [3.05, 3.63) is 24.4 Å².